The van der Waals surface area contributed by atoms with Gasteiger partial charge in [-0.3, -0.25) is 14.5 Å². The number of carbonyl (C=O) groups excluding carboxylic acids is 2. The van der Waals surface area contributed by atoms with Gasteiger partial charge in [-0.2, -0.15) is 0 Å². The van der Waals surface area contributed by atoms with E-state index in [9.17, 15) is 14.7 Å². The second-order valence-electron chi connectivity index (χ2n) is 10.4. The minimum absolute atomic E-state index is 0.00574. The summed E-state index contributed by atoms with van der Waals surface area (Å²) in [6, 6.07) is 17.0. The quantitative estimate of drug-likeness (QED) is 0.0617. The second-order valence-corrected chi connectivity index (χ2v) is 13.0. The van der Waals surface area contributed by atoms with Crippen LogP contribution in [0.2, 0.25) is 5.02 Å². The molecule has 0 radical (unpaired) electrons. The van der Waals surface area contributed by atoms with Crippen LogP contribution >= 0.6 is 34.7 Å². The lowest BCUT2D eigenvalue weighted by Gasteiger charge is -2.23. The average Bonchev–Trinajstić information content (AvgIpc) is 3.72. The number of aliphatic hydroxyl groups is 1. The first-order valence-electron chi connectivity index (χ1n) is 14.5. The van der Waals surface area contributed by atoms with Crippen LogP contribution in [0.3, 0.4) is 0 Å². The maximum absolute atomic E-state index is 13.8. The van der Waals surface area contributed by atoms with Crippen LogP contribution < -0.4 is 19.1 Å². The van der Waals surface area contributed by atoms with Crippen molar-refractivity contribution >= 4 is 57.3 Å². The van der Waals surface area contributed by atoms with Crippen LogP contribution in [0.25, 0.3) is 5.76 Å². The van der Waals surface area contributed by atoms with E-state index in [0.29, 0.717) is 57.4 Å². The Hall–Kier alpha value is -4.06. The fraction of sp³-hybridized carbons (Fsp3) is 0.273. The highest BCUT2D eigenvalue weighted by molar-refractivity contribution is 8.00. The van der Waals surface area contributed by atoms with Crippen LogP contribution in [0.5, 0.6) is 17.2 Å². The van der Waals surface area contributed by atoms with Gasteiger partial charge in [0.15, 0.2) is 15.8 Å². The second kappa shape index (κ2) is 13.1. The standard InChI is InChI=1S/C33H30ClN3O6S2/c1-4-41-25-13-10-19(16-26(25)42-5-2)28-27(29(38)20-11-12-24-22(15-20)14-18(3)43-24)30(39)31(40)37(28)32-35-36-33(45-32)44-17-21-8-6-7-9-23(21)34/h6-13,15-16,18,28,38H,4-5,14,17H2,1-3H3/b29-27+/t18-,28-/m1/s1. The van der Waals surface area contributed by atoms with Crippen LogP contribution in [-0.4, -0.2) is 46.3 Å². The molecule has 2 aliphatic rings. The Labute approximate surface area is 273 Å². The number of ether oxygens (including phenoxy) is 3. The first kappa shape index (κ1) is 30.9. The highest BCUT2D eigenvalue weighted by Crippen LogP contribution is 2.46. The summed E-state index contributed by atoms with van der Waals surface area (Å²) in [7, 11) is 0. The van der Waals surface area contributed by atoms with Gasteiger partial charge < -0.3 is 19.3 Å². The Balaban J connectivity index is 1.43. The number of nitrogens with zero attached hydrogens (tertiary/aromatic N) is 3. The summed E-state index contributed by atoms with van der Waals surface area (Å²) in [6.45, 7) is 6.50. The molecule has 0 spiro atoms. The predicted octanol–water partition coefficient (Wildman–Crippen LogP) is 7.23. The molecule has 2 atom stereocenters. The Kier molecular flexibility index (Phi) is 9.02. The van der Waals surface area contributed by atoms with E-state index in [1.807, 2.05) is 45.0 Å². The third-order valence-electron chi connectivity index (χ3n) is 7.41. The summed E-state index contributed by atoms with van der Waals surface area (Å²) in [4.78, 5) is 28.8. The average molecular weight is 664 g/mol. The van der Waals surface area contributed by atoms with Crippen molar-refractivity contribution in [1.82, 2.24) is 10.2 Å². The lowest BCUT2D eigenvalue weighted by Crippen LogP contribution is -2.29. The summed E-state index contributed by atoms with van der Waals surface area (Å²) in [5, 5.41) is 21.2. The number of thioether (sulfide) groups is 1. The van der Waals surface area contributed by atoms with Crippen molar-refractivity contribution in [2.24, 2.45) is 0 Å². The Morgan fingerprint density at radius 1 is 1.07 bits per heavy atom. The van der Waals surface area contributed by atoms with Crippen LogP contribution in [-0.2, 0) is 21.8 Å². The normalized spacial score (nSPS) is 18.6. The maximum atomic E-state index is 13.8. The van der Waals surface area contributed by atoms with Crippen molar-refractivity contribution in [3.8, 4) is 17.2 Å². The smallest absolute Gasteiger partial charge is 0.301 e. The summed E-state index contributed by atoms with van der Waals surface area (Å²) in [5.41, 5.74) is 2.76. The van der Waals surface area contributed by atoms with Crippen LogP contribution in [0, 0.1) is 0 Å². The number of aromatic nitrogens is 2. The van der Waals surface area contributed by atoms with E-state index in [0.717, 1.165) is 16.9 Å². The molecule has 6 rings (SSSR count). The highest BCUT2D eigenvalue weighted by Gasteiger charge is 2.48. The monoisotopic (exact) mass is 663 g/mol. The number of amides is 1. The van der Waals surface area contributed by atoms with E-state index >= 15 is 0 Å². The molecule has 2 aliphatic heterocycles. The Bertz CT molecular complexity index is 1810. The molecule has 0 unspecified atom stereocenters. The molecule has 12 heteroatoms. The first-order chi connectivity index (χ1) is 21.8. The molecule has 0 saturated carbocycles. The minimum atomic E-state index is -1.00. The maximum Gasteiger partial charge on any atom is 0.301 e. The number of rotatable bonds is 10. The third-order valence-corrected chi connectivity index (χ3v) is 9.88. The number of anilines is 1. The summed E-state index contributed by atoms with van der Waals surface area (Å²) < 4.78 is 18.0. The molecule has 9 nitrogen and oxygen atoms in total. The predicted molar refractivity (Wildman–Crippen MR) is 175 cm³/mol. The van der Waals surface area contributed by atoms with Gasteiger partial charge in [-0.1, -0.05) is 59.0 Å². The number of ketones is 1. The molecule has 1 aromatic heterocycles. The number of benzene rings is 3. The molecule has 4 aromatic rings. The number of carbonyl (C=O) groups is 2. The van der Waals surface area contributed by atoms with Crippen molar-refractivity contribution in [3.05, 3.63) is 93.5 Å². The molecule has 1 saturated heterocycles. The lowest BCUT2D eigenvalue weighted by atomic mass is 9.94. The fourth-order valence-electron chi connectivity index (χ4n) is 5.42. The van der Waals surface area contributed by atoms with Gasteiger partial charge in [0.05, 0.1) is 24.8 Å². The molecule has 1 fully saturated rings. The van der Waals surface area contributed by atoms with Gasteiger partial charge in [-0.15, -0.1) is 10.2 Å². The molecule has 1 amide bonds. The Morgan fingerprint density at radius 3 is 2.62 bits per heavy atom. The topological polar surface area (TPSA) is 111 Å². The van der Waals surface area contributed by atoms with Gasteiger partial charge in [0, 0.05) is 22.8 Å². The van der Waals surface area contributed by atoms with Gasteiger partial charge in [-0.05, 0) is 73.9 Å². The zero-order chi connectivity index (χ0) is 31.7. The van der Waals surface area contributed by atoms with E-state index in [2.05, 4.69) is 10.2 Å². The van der Waals surface area contributed by atoms with Gasteiger partial charge in [0.1, 0.15) is 17.6 Å². The zero-order valence-corrected chi connectivity index (χ0v) is 27.2. The van der Waals surface area contributed by atoms with Gasteiger partial charge in [0.25, 0.3) is 5.78 Å². The van der Waals surface area contributed by atoms with Gasteiger partial charge in [0.2, 0.25) is 5.13 Å². The fourth-order valence-corrected chi connectivity index (χ4v) is 7.57. The van der Waals surface area contributed by atoms with Crippen LogP contribution in [0.4, 0.5) is 5.13 Å². The van der Waals surface area contributed by atoms with Gasteiger partial charge in [-0.25, -0.2) is 0 Å². The van der Waals surface area contributed by atoms with E-state index in [1.165, 1.54) is 28.0 Å². The molecule has 232 valence electrons. The van der Waals surface area contributed by atoms with Crippen molar-refractivity contribution in [1.29, 1.82) is 0 Å². The summed E-state index contributed by atoms with van der Waals surface area (Å²) >= 11 is 8.94. The molecule has 1 N–H and O–H groups in total. The summed E-state index contributed by atoms with van der Waals surface area (Å²) in [5.74, 6) is 0.349. The Morgan fingerprint density at radius 2 is 1.84 bits per heavy atom. The van der Waals surface area contributed by atoms with E-state index in [1.54, 1.807) is 36.4 Å². The van der Waals surface area contributed by atoms with Crippen molar-refractivity contribution in [2.75, 3.05) is 18.1 Å². The molecule has 0 aliphatic carbocycles. The van der Waals surface area contributed by atoms with Gasteiger partial charge >= 0.3 is 5.91 Å². The van der Waals surface area contributed by atoms with E-state index < -0.39 is 17.7 Å². The third kappa shape index (κ3) is 6.12. The number of hydrogen-bond acceptors (Lipinski definition) is 10. The number of hydrogen-bond donors (Lipinski definition) is 1. The molecular weight excluding hydrogens is 634 g/mol. The molecule has 45 heavy (non-hydrogen) atoms. The highest BCUT2D eigenvalue weighted by atomic mass is 35.5. The molecule has 0 bridgehead atoms. The zero-order valence-electron chi connectivity index (χ0n) is 24.8. The minimum Gasteiger partial charge on any atom is -0.507 e. The number of halogens is 1. The van der Waals surface area contributed by atoms with Crippen molar-refractivity contribution < 1.29 is 28.9 Å². The van der Waals surface area contributed by atoms with Crippen LogP contribution in [0.15, 0.2) is 70.6 Å². The first-order valence-corrected chi connectivity index (χ1v) is 16.7. The SMILES string of the molecule is CCOc1ccc([C@@H]2/C(=C(\O)c3ccc4c(c3)C[C@@H](C)O4)C(=O)C(=O)N2c2nnc(SCc3ccccc3Cl)s2)cc1OCC. The molecular formula is C33H30ClN3O6S2. The van der Waals surface area contributed by atoms with E-state index in [-0.39, 0.29) is 22.6 Å². The molecule has 3 heterocycles. The summed E-state index contributed by atoms with van der Waals surface area (Å²) in [6.07, 6.45) is 0.677. The lowest BCUT2D eigenvalue weighted by molar-refractivity contribution is -0.132. The number of Topliss-reactive ketones (excluding diaryl/α,β-unsaturated/α-hetero) is 1. The molecule has 3 aromatic carbocycles. The van der Waals surface area contributed by atoms with Crippen molar-refractivity contribution in [2.45, 2.75) is 49.4 Å². The van der Waals surface area contributed by atoms with Crippen molar-refractivity contribution in [3.63, 3.8) is 0 Å². The van der Waals surface area contributed by atoms with Crippen LogP contribution in [0.1, 0.15) is 49.1 Å². The largest absolute Gasteiger partial charge is 0.507 e. The number of aliphatic hydroxyl groups excluding tert-OH is 1. The number of fused-ring (bicyclic) bond motifs is 1. The van der Waals surface area contributed by atoms with E-state index in [4.69, 9.17) is 25.8 Å².